The van der Waals surface area contributed by atoms with E-state index in [0.29, 0.717) is 12.3 Å². The first kappa shape index (κ1) is 22.3. The predicted molar refractivity (Wildman–Crippen MR) is 129 cm³/mol. The molecule has 1 saturated heterocycles. The van der Waals surface area contributed by atoms with Crippen molar-refractivity contribution in [3.05, 3.63) is 53.6 Å². The molecule has 0 spiro atoms. The zero-order valence-electron chi connectivity index (χ0n) is 19.4. The molecule has 0 saturated carbocycles. The largest absolute Gasteiger partial charge is 0.373 e. The zero-order chi connectivity index (χ0) is 22.5. The SMILES string of the molecule is CNc1cc(CN(C)C)nc(C2CCN(C(=O)CCCc3c[nH]c4ccccc34)CC2)n1. The molecule has 170 valence electrons. The van der Waals surface area contributed by atoms with Crippen LogP contribution in [-0.4, -0.2) is 64.9 Å². The molecular formula is C25H34N6O. The summed E-state index contributed by atoms with van der Waals surface area (Å²) in [7, 11) is 5.98. The Hall–Kier alpha value is -2.93. The van der Waals surface area contributed by atoms with Crippen LogP contribution in [0.3, 0.4) is 0 Å². The van der Waals surface area contributed by atoms with Gasteiger partial charge in [0.2, 0.25) is 5.91 Å². The molecule has 3 heterocycles. The summed E-state index contributed by atoms with van der Waals surface area (Å²) in [5.74, 6) is 2.34. The van der Waals surface area contributed by atoms with Crippen molar-refractivity contribution >= 4 is 22.6 Å². The van der Waals surface area contributed by atoms with Crippen LogP contribution >= 0.6 is 0 Å². The minimum absolute atomic E-state index is 0.265. The Morgan fingerprint density at radius 3 is 2.75 bits per heavy atom. The Labute approximate surface area is 190 Å². The Bertz CT molecular complexity index is 1050. The number of hydrogen-bond donors (Lipinski definition) is 2. The summed E-state index contributed by atoms with van der Waals surface area (Å²) in [4.78, 5) is 29.8. The molecule has 1 aromatic carbocycles. The van der Waals surface area contributed by atoms with Gasteiger partial charge in [-0.05, 0) is 51.4 Å². The lowest BCUT2D eigenvalue weighted by atomic mass is 9.95. The minimum Gasteiger partial charge on any atom is -0.373 e. The van der Waals surface area contributed by atoms with E-state index in [1.807, 2.05) is 38.2 Å². The van der Waals surface area contributed by atoms with E-state index in [2.05, 4.69) is 39.6 Å². The number of rotatable bonds is 8. The molecule has 0 atom stereocenters. The molecule has 1 fully saturated rings. The van der Waals surface area contributed by atoms with Crippen molar-refractivity contribution in [1.82, 2.24) is 24.8 Å². The fourth-order valence-corrected chi connectivity index (χ4v) is 4.55. The average Bonchev–Trinajstić information content (AvgIpc) is 3.21. The quantitative estimate of drug-likeness (QED) is 0.564. The van der Waals surface area contributed by atoms with E-state index in [0.717, 1.165) is 68.2 Å². The number of hydrogen-bond acceptors (Lipinski definition) is 5. The third-order valence-corrected chi connectivity index (χ3v) is 6.26. The Morgan fingerprint density at radius 1 is 1.22 bits per heavy atom. The number of amides is 1. The number of nitrogens with zero attached hydrogens (tertiary/aromatic N) is 4. The van der Waals surface area contributed by atoms with Gasteiger partial charge < -0.3 is 20.1 Å². The number of nitrogens with one attached hydrogen (secondary N) is 2. The number of aryl methyl sites for hydroxylation is 1. The Kier molecular flexibility index (Phi) is 7.05. The second kappa shape index (κ2) is 10.1. The average molecular weight is 435 g/mol. The number of carbonyl (C=O) groups excluding carboxylic acids is 1. The summed E-state index contributed by atoms with van der Waals surface area (Å²) >= 11 is 0. The Balaban J connectivity index is 1.29. The smallest absolute Gasteiger partial charge is 0.222 e. The first-order chi connectivity index (χ1) is 15.5. The number of para-hydroxylation sites is 1. The monoisotopic (exact) mass is 434 g/mol. The van der Waals surface area contributed by atoms with Crippen LogP contribution in [0.5, 0.6) is 0 Å². The second-order valence-corrected chi connectivity index (χ2v) is 8.96. The summed E-state index contributed by atoms with van der Waals surface area (Å²) in [6.07, 6.45) is 6.31. The van der Waals surface area contributed by atoms with Crippen LogP contribution in [0, 0.1) is 0 Å². The van der Waals surface area contributed by atoms with E-state index >= 15 is 0 Å². The number of likely N-dealkylation sites (tertiary alicyclic amines) is 1. The molecule has 0 unspecified atom stereocenters. The highest BCUT2D eigenvalue weighted by Gasteiger charge is 2.26. The highest BCUT2D eigenvalue weighted by molar-refractivity contribution is 5.83. The third-order valence-electron chi connectivity index (χ3n) is 6.26. The van der Waals surface area contributed by atoms with Crippen LogP contribution in [0.1, 0.15) is 48.7 Å². The van der Waals surface area contributed by atoms with Gasteiger partial charge >= 0.3 is 0 Å². The maximum atomic E-state index is 12.8. The molecule has 1 aliphatic rings. The van der Waals surface area contributed by atoms with Crippen molar-refractivity contribution in [3.63, 3.8) is 0 Å². The Morgan fingerprint density at radius 2 is 2.00 bits per heavy atom. The van der Waals surface area contributed by atoms with Crippen LogP contribution in [0.4, 0.5) is 5.82 Å². The van der Waals surface area contributed by atoms with E-state index in [9.17, 15) is 4.79 Å². The fourth-order valence-electron chi connectivity index (χ4n) is 4.55. The number of aromatic nitrogens is 3. The van der Waals surface area contributed by atoms with Gasteiger partial charge in [-0.25, -0.2) is 9.97 Å². The molecular weight excluding hydrogens is 400 g/mol. The molecule has 32 heavy (non-hydrogen) atoms. The second-order valence-electron chi connectivity index (χ2n) is 8.96. The van der Waals surface area contributed by atoms with Crippen LogP contribution in [0.25, 0.3) is 10.9 Å². The van der Waals surface area contributed by atoms with Gasteiger partial charge in [0.25, 0.3) is 0 Å². The molecule has 2 N–H and O–H groups in total. The third kappa shape index (κ3) is 5.27. The molecule has 4 rings (SSSR count). The number of piperidine rings is 1. The predicted octanol–water partition coefficient (Wildman–Crippen LogP) is 3.79. The highest BCUT2D eigenvalue weighted by Crippen LogP contribution is 2.27. The summed E-state index contributed by atoms with van der Waals surface area (Å²) in [6.45, 7) is 2.36. The van der Waals surface area contributed by atoms with Gasteiger partial charge in [0.1, 0.15) is 11.6 Å². The number of H-pyrrole nitrogens is 1. The number of carbonyl (C=O) groups is 1. The van der Waals surface area contributed by atoms with Gasteiger partial charge in [0.15, 0.2) is 0 Å². The molecule has 2 aromatic heterocycles. The lowest BCUT2D eigenvalue weighted by Crippen LogP contribution is -2.38. The van der Waals surface area contributed by atoms with Gasteiger partial charge in [0, 0.05) is 62.2 Å². The molecule has 1 aliphatic heterocycles. The van der Waals surface area contributed by atoms with Crippen molar-refractivity contribution < 1.29 is 4.79 Å². The van der Waals surface area contributed by atoms with E-state index in [1.54, 1.807) is 0 Å². The normalized spacial score (nSPS) is 14.9. The summed E-state index contributed by atoms with van der Waals surface area (Å²) in [5.41, 5.74) is 3.48. The fraction of sp³-hybridized carbons (Fsp3) is 0.480. The van der Waals surface area contributed by atoms with Gasteiger partial charge in [-0.1, -0.05) is 18.2 Å². The minimum atomic E-state index is 0.265. The topological polar surface area (TPSA) is 77.1 Å². The summed E-state index contributed by atoms with van der Waals surface area (Å²) in [6, 6.07) is 10.3. The van der Waals surface area contributed by atoms with E-state index in [-0.39, 0.29) is 5.91 Å². The first-order valence-electron chi connectivity index (χ1n) is 11.6. The standard InChI is InChI=1S/C25H34N6O/c1-26-23-15-20(17-30(2)3)28-25(29-23)18-11-13-31(14-12-18)24(32)10-6-7-19-16-27-22-9-5-4-8-21(19)22/h4-5,8-9,15-16,18,27H,6-7,10-14,17H2,1-3H3,(H,26,28,29). The van der Waals surface area contributed by atoms with Crippen molar-refractivity contribution in [3.8, 4) is 0 Å². The number of benzene rings is 1. The lowest BCUT2D eigenvalue weighted by Gasteiger charge is -2.31. The molecule has 7 nitrogen and oxygen atoms in total. The number of anilines is 1. The van der Waals surface area contributed by atoms with Crippen LogP contribution < -0.4 is 5.32 Å². The van der Waals surface area contributed by atoms with Crippen molar-refractivity contribution in [2.24, 2.45) is 0 Å². The van der Waals surface area contributed by atoms with Crippen LogP contribution in [-0.2, 0) is 17.8 Å². The molecule has 3 aromatic rings. The highest BCUT2D eigenvalue weighted by atomic mass is 16.2. The molecule has 0 radical (unpaired) electrons. The maximum absolute atomic E-state index is 12.8. The summed E-state index contributed by atoms with van der Waals surface area (Å²) < 4.78 is 0. The van der Waals surface area contributed by atoms with Crippen molar-refractivity contribution in [1.29, 1.82) is 0 Å². The number of aromatic amines is 1. The lowest BCUT2D eigenvalue weighted by molar-refractivity contribution is -0.132. The molecule has 7 heteroatoms. The molecule has 0 bridgehead atoms. The summed E-state index contributed by atoms with van der Waals surface area (Å²) in [5, 5.41) is 4.42. The van der Waals surface area contributed by atoms with Gasteiger partial charge in [-0.3, -0.25) is 4.79 Å². The van der Waals surface area contributed by atoms with Crippen LogP contribution in [0.15, 0.2) is 36.5 Å². The maximum Gasteiger partial charge on any atom is 0.222 e. The van der Waals surface area contributed by atoms with Crippen molar-refractivity contribution in [2.75, 3.05) is 39.5 Å². The van der Waals surface area contributed by atoms with Crippen LogP contribution in [0.2, 0.25) is 0 Å². The first-order valence-corrected chi connectivity index (χ1v) is 11.6. The number of fused-ring (bicyclic) bond motifs is 1. The van der Waals surface area contributed by atoms with E-state index in [1.165, 1.54) is 10.9 Å². The van der Waals surface area contributed by atoms with Gasteiger partial charge in [-0.2, -0.15) is 0 Å². The van der Waals surface area contributed by atoms with E-state index < -0.39 is 0 Å². The molecule has 0 aliphatic carbocycles. The zero-order valence-corrected chi connectivity index (χ0v) is 19.4. The van der Waals surface area contributed by atoms with Gasteiger partial charge in [0.05, 0.1) is 5.69 Å². The van der Waals surface area contributed by atoms with E-state index in [4.69, 9.17) is 9.97 Å². The van der Waals surface area contributed by atoms with Gasteiger partial charge in [-0.15, -0.1) is 0 Å². The van der Waals surface area contributed by atoms with Crippen molar-refractivity contribution in [2.45, 2.75) is 44.6 Å². The molecule has 1 amide bonds.